The number of carbonyl (C=O) groups is 1. The van der Waals surface area contributed by atoms with Gasteiger partial charge in [0.25, 0.3) is 0 Å². The van der Waals surface area contributed by atoms with Crippen LogP contribution in [-0.4, -0.2) is 12.6 Å². The van der Waals surface area contributed by atoms with Crippen LogP contribution in [0.2, 0.25) is 0 Å². The van der Waals surface area contributed by atoms with E-state index in [0.29, 0.717) is 13.0 Å². The Balaban J connectivity index is 3.19. The Kier molecular flexibility index (Phi) is 26.5. The highest BCUT2D eigenvalue weighted by molar-refractivity contribution is 5.69. The van der Waals surface area contributed by atoms with Crippen molar-refractivity contribution in [2.24, 2.45) is 0 Å². The molecule has 184 valence electrons. The first kappa shape index (κ1) is 30.2. The fraction of sp³-hybridized carbons (Fsp3) is 0.897. The van der Waals surface area contributed by atoms with Gasteiger partial charge in [0.05, 0.1) is 6.61 Å². The first-order valence-corrected chi connectivity index (χ1v) is 14.1. The number of esters is 1. The molecule has 31 heavy (non-hydrogen) atoms. The summed E-state index contributed by atoms with van der Waals surface area (Å²) < 4.78 is 5.38. The molecule has 0 amide bonds. The molecule has 0 atom stereocenters. The molecule has 0 aromatic carbocycles. The summed E-state index contributed by atoms with van der Waals surface area (Å²) >= 11 is 0. The standard InChI is InChI=1S/C29H56O2/c1-3-5-7-9-11-13-15-16-17-19-21-23-25-27-29(30)31-28-26-24-22-20-18-14-12-10-8-6-4-2/h13,15H,3-12,14,16-28H2,1-2H3/b15-13-. The molecule has 0 bridgehead atoms. The molecule has 0 aromatic rings. The minimum atomic E-state index is 0.0121. The maximum absolute atomic E-state index is 11.8. The van der Waals surface area contributed by atoms with Gasteiger partial charge in [0.1, 0.15) is 0 Å². The smallest absolute Gasteiger partial charge is 0.305 e. The molecule has 0 aliphatic heterocycles. The molecule has 0 unspecified atom stereocenters. The van der Waals surface area contributed by atoms with Gasteiger partial charge in [0, 0.05) is 6.42 Å². The van der Waals surface area contributed by atoms with Gasteiger partial charge in [-0.25, -0.2) is 0 Å². The number of unbranched alkanes of at least 4 members (excludes halogenated alkanes) is 19. The third-order valence-corrected chi connectivity index (χ3v) is 6.15. The molecule has 2 nitrogen and oxygen atoms in total. The first-order valence-electron chi connectivity index (χ1n) is 14.1. The largest absolute Gasteiger partial charge is 0.466 e. The molecule has 0 aliphatic rings. The Morgan fingerprint density at radius 3 is 1.42 bits per heavy atom. The average Bonchev–Trinajstić information content (AvgIpc) is 2.77. The Hall–Kier alpha value is -0.790. The van der Waals surface area contributed by atoms with Crippen molar-refractivity contribution in [2.75, 3.05) is 6.61 Å². The highest BCUT2D eigenvalue weighted by Crippen LogP contribution is 2.12. The van der Waals surface area contributed by atoms with Crippen molar-refractivity contribution in [3.05, 3.63) is 12.2 Å². The fourth-order valence-corrected chi connectivity index (χ4v) is 4.01. The van der Waals surface area contributed by atoms with Crippen LogP contribution < -0.4 is 0 Å². The summed E-state index contributed by atoms with van der Waals surface area (Å²) in [7, 11) is 0. The van der Waals surface area contributed by atoms with Crippen LogP contribution in [0.4, 0.5) is 0 Å². The van der Waals surface area contributed by atoms with Gasteiger partial charge >= 0.3 is 5.97 Å². The van der Waals surface area contributed by atoms with Gasteiger partial charge in [-0.15, -0.1) is 0 Å². The van der Waals surface area contributed by atoms with E-state index >= 15 is 0 Å². The zero-order valence-corrected chi connectivity index (χ0v) is 21.4. The van der Waals surface area contributed by atoms with Gasteiger partial charge in [-0.2, -0.15) is 0 Å². The summed E-state index contributed by atoms with van der Waals surface area (Å²) in [5.74, 6) is 0.0121. The second kappa shape index (κ2) is 27.2. The SMILES string of the molecule is CCCCCC/C=C\CCCCCCCC(=O)OCCCCCCCCCCCCC. The molecule has 0 rings (SSSR count). The van der Waals surface area contributed by atoms with E-state index in [9.17, 15) is 4.79 Å². The monoisotopic (exact) mass is 436 g/mol. The first-order chi connectivity index (χ1) is 15.3. The van der Waals surface area contributed by atoms with Crippen molar-refractivity contribution in [2.45, 2.75) is 162 Å². The average molecular weight is 437 g/mol. The van der Waals surface area contributed by atoms with Crippen LogP contribution in [0.5, 0.6) is 0 Å². The van der Waals surface area contributed by atoms with Crippen LogP contribution in [0, 0.1) is 0 Å². The Morgan fingerprint density at radius 1 is 0.516 bits per heavy atom. The lowest BCUT2D eigenvalue weighted by Crippen LogP contribution is -2.05. The lowest BCUT2D eigenvalue weighted by atomic mass is 10.1. The summed E-state index contributed by atoms with van der Waals surface area (Å²) in [5, 5.41) is 0. The predicted molar refractivity (Wildman–Crippen MR) is 138 cm³/mol. The lowest BCUT2D eigenvalue weighted by molar-refractivity contribution is -0.143. The minimum absolute atomic E-state index is 0.0121. The van der Waals surface area contributed by atoms with Gasteiger partial charge in [0.15, 0.2) is 0 Å². The molecule has 0 heterocycles. The molecule has 0 N–H and O–H groups in total. The van der Waals surface area contributed by atoms with Crippen molar-refractivity contribution < 1.29 is 9.53 Å². The number of allylic oxidation sites excluding steroid dienone is 2. The van der Waals surface area contributed by atoms with Crippen molar-refractivity contribution in [1.29, 1.82) is 0 Å². The number of hydrogen-bond acceptors (Lipinski definition) is 2. The van der Waals surface area contributed by atoms with Gasteiger partial charge in [-0.05, 0) is 38.5 Å². The minimum Gasteiger partial charge on any atom is -0.466 e. The molecule has 2 heteroatoms. The van der Waals surface area contributed by atoms with E-state index in [0.717, 1.165) is 19.3 Å². The van der Waals surface area contributed by atoms with Crippen LogP contribution >= 0.6 is 0 Å². The van der Waals surface area contributed by atoms with Crippen LogP contribution in [0.3, 0.4) is 0 Å². The number of ether oxygens (including phenoxy) is 1. The van der Waals surface area contributed by atoms with Crippen LogP contribution in [0.15, 0.2) is 12.2 Å². The number of rotatable bonds is 25. The van der Waals surface area contributed by atoms with E-state index in [4.69, 9.17) is 4.74 Å². The molecule has 0 spiro atoms. The zero-order chi connectivity index (χ0) is 22.7. The predicted octanol–water partition coefficient (Wildman–Crippen LogP) is 10.1. The maximum Gasteiger partial charge on any atom is 0.305 e. The summed E-state index contributed by atoms with van der Waals surface area (Å²) in [5.41, 5.74) is 0. The fourth-order valence-electron chi connectivity index (χ4n) is 4.01. The summed E-state index contributed by atoms with van der Waals surface area (Å²) in [6.45, 7) is 5.16. The van der Waals surface area contributed by atoms with E-state index in [1.807, 2.05) is 0 Å². The molecule has 0 radical (unpaired) electrons. The second-order valence-corrected chi connectivity index (χ2v) is 9.38. The number of hydrogen-bond donors (Lipinski definition) is 0. The molecular weight excluding hydrogens is 380 g/mol. The van der Waals surface area contributed by atoms with Gasteiger partial charge in [0.2, 0.25) is 0 Å². The Bertz CT molecular complexity index is 375. The van der Waals surface area contributed by atoms with Gasteiger partial charge < -0.3 is 4.74 Å². The third-order valence-electron chi connectivity index (χ3n) is 6.15. The van der Waals surface area contributed by atoms with E-state index in [-0.39, 0.29) is 5.97 Å². The third kappa shape index (κ3) is 27.2. The van der Waals surface area contributed by atoms with Crippen molar-refractivity contribution in [1.82, 2.24) is 0 Å². The second-order valence-electron chi connectivity index (χ2n) is 9.38. The normalized spacial score (nSPS) is 11.4. The molecule has 0 aromatic heterocycles. The number of carbonyl (C=O) groups excluding carboxylic acids is 1. The van der Waals surface area contributed by atoms with Gasteiger partial charge in [-0.3, -0.25) is 4.79 Å². The van der Waals surface area contributed by atoms with Crippen LogP contribution in [0.25, 0.3) is 0 Å². The quantitative estimate of drug-likeness (QED) is 0.0808. The molecule has 0 fully saturated rings. The highest BCUT2D eigenvalue weighted by atomic mass is 16.5. The van der Waals surface area contributed by atoms with Crippen LogP contribution in [-0.2, 0) is 9.53 Å². The van der Waals surface area contributed by atoms with Gasteiger partial charge in [-0.1, -0.05) is 129 Å². The Morgan fingerprint density at radius 2 is 0.903 bits per heavy atom. The highest BCUT2D eigenvalue weighted by Gasteiger charge is 2.02. The zero-order valence-electron chi connectivity index (χ0n) is 21.4. The van der Waals surface area contributed by atoms with E-state index < -0.39 is 0 Å². The van der Waals surface area contributed by atoms with E-state index in [1.54, 1.807) is 0 Å². The Labute approximate surface area is 196 Å². The molecule has 0 saturated heterocycles. The summed E-state index contributed by atoms with van der Waals surface area (Å²) in [6, 6.07) is 0. The molecular formula is C29H56O2. The molecule has 0 aliphatic carbocycles. The summed E-state index contributed by atoms with van der Waals surface area (Å²) in [6.07, 6.45) is 33.8. The van der Waals surface area contributed by atoms with Crippen LogP contribution in [0.1, 0.15) is 162 Å². The summed E-state index contributed by atoms with van der Waals surface area (Å²) in [4.78, 5) is 11.8. The maximum atomic E-state index is 11.8. The van der Waals surface area contributed by atoms with Crippen molar-refractivity contribution in [3.8, 4) is 0 Å². The lowest BCUT2D eigenvalue weighted by Gasteiger charge is -2.05. The topological polar surface area (TPSA) is 26.3 Å². The van der Waals surface area contributed by atoms with E-state index in [2.05, 4.69) is 26.0 Å². The van der Waals surface area contributed by atoms with Crippen molar-refractivity contribution in [3.63, 3.8) is 0 Å². The van der Waals surface area contributed by atoms with Crippen molar-refractivity contribution >= 4 is 5.97 Å². The van der Waals surface area contributed by atoms with E-state index in [1.165, 1.54) is 122 Å². The molecule has 0 saturated carbocycles.